The Bertz CT molecular complexity index is 976. The number of imide groups is 2. The molecule has 2 aromatic rings. The Labute approximate surface area is 185 Å². The minimum absolute atomic E-state index is 0.143. The number of benzene rings is 1. The van der Waals surface area contributed by atoms with E-state index in [-0.39, 0.29) is 12.0 Å². The monoisotopic (exact) mass is 439 g/mol. The van der Waals surface area contributed by atoms with Gasteiger partial charge in [-0.2, -0.15) is 0 Å². The minimum Gasteiger partial charge on any atom is -0.343 e. The fourth-order valence-corrected chi connectivity index (χ4v) is 5.21. The van der Waals surface area contributed by atoms with Gasteiger partial charge in [-0.05, 0) is 35.8 Å². The normalized spacial score (nSPS) is 22.7. The van der Waals surface area contributed by atoms with Crippen LogP contribution in [0.4, 0.5) is 4.79 Å². The molecule has 162 valence electrons. The van der Waals surface area contributed by atoms with Gasteiger partial charge in [-0.25, -0.2) is 9.69 Å². The van der Waals surface area contributed by atoms with Crippen LogP contribution in [0.2, 0.25) is 0 Å². The molecule has 0 spiro atoms. The maximum Gasteiger partial charge on any atom is 0.334 e. The highest BCUT2D eigenvalue weighted by atomic mass is 32.1. The van der Waals surface area contributed by atoms with Crippen molar-refractivity contribution < 1.29 is 19.2 Å². The van der Waals surface area contributed by atoms with Crippen LogP contribution in [0.15, 0.2) is 47.8 Å². The molecule has 1 aromatic heterocycles. The first-order valence-electron chi connectivity index (χ1n) is 10.5. The van der Waals surface area contributed by atoms with Crippen LogP contribution in [0.1, 0.15) is 49.1 Å². The van der Waals surface area contributed by atoms with Crippen molar-refractivity contribution in [2.24, 2.45) is 5.92 Å². The first-order chi connectivity index (χ1) is 15.0. The SMILES string of the molecule is C[C@@H]1CCCC[C@H]1N1C(=O)C(=O)N(CC(=O)N[C@@H](c2ccccc2)c2cccs2)C1=O. The predicted octanol–water partition coefficient (Wildman–Crippen LogP) is 3.32. The minimum atomic E-state index is -0.926. The summed E-state index contributed by atoms with van der Waals surface area (Å²) in [4.78, 5) is 53.6. The van der Waals surface area contributed by atoms with Crippen molar-refractivity contribution in [3.8, 4) is 0 Å². The zero-order valence-electron chi connectivity index (χ0n) is 17.3. The van der Waals surface area contributed by atoms with Gasteiger partial charge in [-0.15, -0.1) is 11.3 Å². The van der Waals surface area contributed by atoms with Crippen molar-refractivity contribution >= 4 is 35.1 Å². The van der Waals surface area contributed by atoms with Gasteiger partial charge >= 0.3 is 17.8 Å². The number of carbonyl (C=O) groups is 4. The van der Waals surface area contributed by atoms with E-state index < -0.39 is 36.3 Å². The molecule has 1 aliphatic heterocycles. The van der Waals surface area contributed by atoms with E-state index in [2.05, 4.69) is 5.32 Å². The second kappa shape index (κ2) is 9.01. The highest BCUT2D eigenvalue weighted by molar-refractivity contribution is 7.10. The first kappa shape index (κ1) is 21.2. The molecule has 7 nitrogen and oxygen atoms in total. The van der Waals surface area contributed by atoms with Crippen molar-refractivity contribution in [2.45, 2.75) is 44.7 Å². The quantitative estimate of drug-likeness (QED) is 0.553. The summed E-state index contributed by atoms with van der Waals surface area (Å²) in [6.45, 7) is 1.52. The molecule has 1 aromatic carbocycles. The van der Waals surface area contributed by atoms with Gasteiger partial charge in [0.15, 0.2) is 0 Å². The Kier molecular flexibility index (Phi) is 6.18. The van der Waals surface area contributed by atoms with Crippen LogP contribution < -0.4 is 5.32 Å². The molecule has 0 bridgehead atoms. The fraction of sp³-hybridized carbons (Fsp3) is 0.391. The number of amides is 5. The second-order valence-corrected chi connectivity index (χ2v) is 9.08. The summed E-state index contributed by atoms with van der Waals surface area (Å²) < 4.78 is 0. The predicted molar refractivity (Wildman–Crippen MR) is 116 cm³/mol. The number of nitrogens with one attached hydrogen (secondary N) is 1. The maximum absolute atomic E-state index is 12.9. The largest absolute Gasteiger partial charge is 0.343 e. The van der Waals surface area contributed by atoms with Crippen molar-refractivity contribution in [2.75, 3.05) is 6.54 Å². The van der Waals surface area contributed by atoms with Crippen LogP contribution in [0, 0.1) is 5.92 Å². The third-order valence-corrected chi connectivity index (χ3v) is 6.99. The highest BCUT2D eigenvalue weighted by Gasteiger charge is 2.49. The van der Waals surface area contributed by atoms with E-state index in [0.717, 1.165) is 39.5 Å². The molecule has 1 saturated carbocycles. The molecule has 2 heterocycles. The summed E-state index contributed by atoms with van der Waals surface area (Å²) in [6.07, 6.45) is 3.58. The van der Waals surface area contributed by atoms with Crippen molar-refractivity contribution in [1.82, 2.24) is 15.1 Å². The molecule has 8 heteroatoms. The lowest BCUT2D eigenvalue weighted by molar-refractivity contribution is -0.145. The summed E-state index contributed by atoms with van der Waals surface area (Å²) in [5.41, 5.74) is 0.895. The number of thiophene rings is 1. The zero-order chi connectivity index (χ0) is 22.0. The summed E-state index contributed by atoms with van der Waals surface area (Å²) in [5.74, 6) is -2.10. The van der Waals surface area contributed by atoms with E-state index in [4.69, 9.17) is 0 Å². The van der Waals surface area contributed by atoms with Gasteiger partial charge < -0.3 is 5.32 Å². The van der Waals surface area contributed by atoms with Crippen LogP contribution >= 0.6 is 11.3 Å². The molecule has 1 saturated heterocycles. The van der Waals surface area contributed by atoms with Crippen LogP contribution in [0.3, 0.4) is 0 Å². The lowest BCUT2D eigenvalue weighted by atomic mass is 9.85. The van der Waals surface area contributed by atoms with E-state index in [1.54, 1.807) is 0 Å². The Hall–Kier alpha value is -3.00. The molecule has 2 fully saturated rings. The number of carbonyl (C=O) groups excluding carboxylic acids is 4. The third-order valence-electron chi connectivity index (χ3n) is 6.05. The lowest BCUT2D eigenvalue weighted by Gasteiger charge is -2.34. The highest BCUT2D eigenvalue weighted by Crippen LogP contribution is 2.31. The maximum atomic E-state index is 12.9. The number of urea groups is 1. The topological polar surface area (TPSA) is 86.8 Å². The van der Waals surface area contributed by atoms with E-state index in [1.165, 1.54) is 11.3 Å². The average Bonchev–Trinajstić information content (AvgIpc) is 3.37. The van der Waals surface area contributed by atoms with Crippen molar-refractivity contribution in [3.05, 3.63) is 58.3 Å². The smallest absolute Gasteiger partial charge is 0.334 e. The molecule has 5 amide bonds. The van der Waals surface area contributed by atoms with Crippen molar-refractivity contribution in [1.29, 1.82) is 0 Å². The van der Waals surface area contributed by atoms with Gasteiger partial charge in [-0.3, -0.25) is 19.3 Å². The molecule has 2 aliphatic rings. The van der Waals surface area contributed by atoms with E-state index in [1.807, 2.05) is 54.8 Å². The van der Waals surface area contributed by atoms with Gasteiger partial charge in [0, 0.05) is 10.9 Å². The van der Waals surface area contributed by atoms with E-state index in [9.17, 15) is 19.2 Å². The Balaban J connectivity index is 1.49. The fourth-order valence-electron chi connectivity index (χ4n) is 4.40. The molecule has 0 radical (unpaired) electrons. The first-order valence-corrected chi connectivity index (χ1v) is 11.4. The number of hydrogen-bond acceptors (Lipinski definition) is 5. The molecule has 3 atom stereocenters. The van der Waals surface area contributed by atoms with Crippen LogP contribution in [0.5, 0.6) is 0 Å². The molecular weight excluding hydrogens is 414 g/mol. The molecule has 31 heavy (non-hydrogen) atoms. The molecule has 1 N–H and O–H groups in total. The van der Waals surface area contributed by atoms with Crippen LogP contribution in [-0.4, -0.2) is 46.1 Å². The second-order valence-electron chi connectivity index (χ2n) is 8.10. The van der Waals surface area contributed by atoms with Gasteiger partial charge in [-0.1, -0.05) is 56.2 Å². The van der Waals surface area contributed by atoms with E-state index >= 15 is 0 Å². The lowest BCUT2D eigenvalue weighted by Crippen LogP contribution is -2.47. The van der Waals surface area contributed by atoms with Gasteiger partial charge in [0.2, 0.25) is 5.91 Å². The Morgan fingerprint density at radius 2 is 1.81 bits per heavy atom. The standard InChI is InChI=1S/C23H25N3O4S/c1-15-8-5-6-11-17(15)26-22(29)21(28)25(23(26)30)14-19(27)24-20(18-12-7-13-31-18)16-9-3-2-4-10-16/h2-4,7,9-10,12-13,15,17,20H,5-6,8,11,14H2,1H3,(H,24,27)/t15-,17-,20+/m1/s1. The summed E-state index contributed by atoms with van der Waals surface area (Å²) in [5, 5.41) is 4.84. The number of rotatable bonds is 6. The summed E-state index contributed by atoms with van der Waals surface area (Å²) in [7, 11) is 0. The molecule has 0 unspecified atom stereocenters. The van der Waals surface area contributed by atoms with Gasteiger partial charge in [0.1, 0.15) is 6.54 Å². The summed E-state index contributed by atoms with van der Waals surface area (Å²) in [6, 6.07) is 11.9. The van der Waals surface area contributed by atoms with Crippen LogP contribution in [-0.2, 0) is 14.4 Å². The molecule has 4 rings (SSSR count). The molecular formula is C23H25N3O4S. The van der Waals surface area contributed by atoms with Crippen molar-refractivity contribution in [3.63, 3.8) is 0 Å². The average molecular weight is 440 g/mol. The Morgan fingerprint density at radius 3 is 2.48 bits per heavy atom. The van der Waals surface area contributed by atoms with E-state index in [0.29, 0.717) is 6.42 Å². The zero-order valence-corrected chi connectivity index (χ0v) is 18.1. The molecule has 1 aliphatic carbocycles. The third kappa shape index (κ3) is 4.25. The Morgan fingerprint density at radius 1 is 1.06 bits per heavy atom. The van der Waals surface area contributed by atoms with Gasteiger partial charge in [0.25, 0.3) is 0 Å². The number of nitrogens with zero attached hydrogens (tertiary/aromatic N) is 2. The van der Waals surface area contributed by atoms with Crippen LogP contribution in [0.25, 0.3) is 0 Å². The summed E-state index contributed by atoms with van der Waals surface area (Å²) >= 11 is 1.51. The number of hydrogen-bond donors (Lipinski definition) is 1. The van der Waals surface area contributed by atoms with Gasteiger partial charge in [0.05, 0.1) is 6.04 Å².